The van der Waals surface area contributed by atoms with Crippen LogP contribution in [0.2, 0.25) is 0 Å². The first-order valence-electron chi connectivity index (χ1n) is 7.23. The summed E-state index contributed by atoms with van der Waals surface area (Å²) in [6.07, 6.45) is 1.08. The zero-order chi connectivity index (χ0) is 15.2. The van der Waals surface area contributed by atoms with Crippen molar-refractivity contribution in [1.29, 1.82) is 0 Å². The third-order valence-electron chi connectivity index (χ3n) is 3.32. The summed E-state index contributed by atoms with van der Waals surface area (Å²) >= 11 is 0. The van der Waals surface area contributed by atoms with E-state index in [1.165, 1.54) is 11.6 Å². The average molecular weight is 287 g/mol. The summed E-state index contributed by atoms with van der Waals surface area (Å²) in [5.74, 6) is 1.03. The van der Waals surface area contributed by atoms with Crippen molar-refractivity contribution in [3.8, 4) is 5.75 Å². The fraction of sp³-hybridized carbons (Fsp3) is 0.333. The molecule has 0 spiro atoms. The molecular formula is C18H22FNO. The van der Waals surface area contributed by atoms with Gasteiger partial charge < -0.3 is 10.1 Å². The second-order valence-corrected chi connectivity index (χ2v) is 5.61. The average Bonchev–Trinajstić information content (AvgIpc) is 2.47. The largest absolute Gasteiger partial charge is 0.497 e. The van der Waals surface area contributed by atoms with Crippen molar-refractivity contribution in [2.45, 2.75) is 26.8 Å². The Morgan fingerprint density at radius 2 is 1.71 bits per heavy atom. The van der Waals surface area contributed by atoms with Crippen LogP contribution in [0.1, 0.15) is 25.0 Å². The van der Waals surface area contributed by atoms with Gasteiger partial charge in [-0.1, -0.05) is 38.1 Å². The Morgan fingerprint density at radius 1 is 1.05 bits per heavy atom. The first kappa shape index (κ1) is 15.4. The third-order valence-corrected chi connectivity index (χ3v) is 3.32. The van der Waals surface area contributed by atoms with E-state index in [9.17, 15) is 4.39 Å². The maximum Gasteiger partial charge on any atom is 0.146 e. The molecule has 21 heavy (non-hydrogen) atoms. The predicted molar refractivity (Wildman–Crippen MR) is 85.3 cm³/mol. The van der Waals surface area contributed by atoms with Gasteiger partial charge in [0.15, 0.2) is 0 Å². The summed E-state index contributed by atoms with van der Waals surface area (Å²) in [6.45, 7) is 5.01. The molecule has 2 rings (SSSR count). The topological polar surface area (TPSA) is 21.3 Å². The molecule has 0 saturated heterocycles. The summed E-state index contributed by atoms with van der Waals surface area (Å²) in [6, 6.07) is 13.1. The molecule has 0 saturated carbocycles. The first-order valence-corrected chi connectivity index (χ1v) is 7.23. The summed E-state index contributed by atoms with van der Waals surface area (Å²) < 4.78 is 18.8. The molecule has 0 aromatic heterocycles. The molecule has 1 N–H and O–H groups in total. The van der Waals surface area contributed by atoms with Crippen LogP contribution in [0, 0.1) is 11.7 Å². The SMILES string of the molecule is COc1ccc(F)c(NCc2ccc(CC(C)C)cc2)c1. The maximum atomic E-state index is 13.7. The fourth-order valence-electron chi connectivity index (χ4n) is 2.23. The molecule has 2 nitrogen and oxygen atoms in total. The molecule has 0 fully saturated rings. The Labute approximate surface area is 126 Å². The molecule has 0 radical (unpaired) electrons. The molecule has 3 heteroatoms. The second kappa shape index (κ2) is 7.11. The van der Waals surface area contributed by atoms with Gasteiger partial charge in [0.05, 0.1) is 12.8 Å². The number of hydrogen-bond acceptors (Lipinski definition) is 2. The van der Waals surface area contributed by atoms with E-state index >= 15 is 0 Å². The second-order valence-electron chi connectivity index (χ2n) is 5.61. The van der Waals surface area contributed by atoms with Crippen LogP contribution < -0.4 is 10.1 Å². The Hall–Kier alpha value is -2.03. The molecule has 0 heterocycles. The molecule has 0 atom stereocenters. The smallest absolute Gasteiger partial charge is 0.146 e. The van der Waals surface area contributed by atoms with E-state index in [0.29, 0.717) is 23.9 Å². The molecule has 0 aliphatic heterocycles. The highest BCUT2D eigenvalue weighted by molar-refractivity contribution is 5.50. The lowest BCUT2D eigenvalue weighted by atomic mass is 10.0. The number of ether oxygens (including phenoxy) is 1. The van der Waals surface area contributed by atoms with Crippen LogP contribution in [-0.4, -0.2) is 7.11 Å². The quantitative estimate of drug-likeness (QED) is 0.835. The minimum atomic E-state index is -0.271. The van der Waals surface area contributed by atoms with Gasteiger partial charge in [0, 0.05) is 12.6 Å². The van der Waals surface area contributed by atoms with Crippen molar-refractivity contribution < 1.29 is 9.13 Å². The highest BCUT2D eigenvalue weighted by atomic mass is 19.1. The number of anilines is 1. The molecule has 0 bridgehead atoms. The lowest BCUT2D eigenvalue weighted by Gasteiger charge is -2.10. The number of rotatable bonds is 6. The van der Waals surface area contributed by atoms with Gasteiger partial charge in [-0.3, -0.25) is 0 Å². The summed E-state index contributed by atoms with van der Waals surface area (Å²) in [5.41, 5.74) is 2.92. The Morgan fingerprint density at radius 3 is 2.33 bits per heavy atom. The predicted octanol–water partition coefficient (Wildman–Crippen LogP) is 4.64. The molecule has 0 amide bonds. The van der Waals surface area contributed by atoms with E-state index in [-0.39, 0.29) is 5.82 Å². The van der Waals surface area contributed by atoms with Gasteiger partial charge in [0.2, 0.25) is 0 Å². The highest BCUT2D eigenvalue weighted by Crippen LogP contribution is 2.21. The van der Waals surface area contributed by atoms with E-state index in [4.69, 9.17) is 4.74 Å². The standard InChI is InChI=1S/C18H22FNO/c1-13(2)10-14-4-6-15(7-5-14)12-20-18-11-16(21-3)8-9-17(18)19/h4-9,11,13,20H,10,12H2,1-3H3. The van der Waals surface area contributed by atoms with Gasteiger partial charge >= 0.3 is 0 Å². The van der Waals surface area contributed by atoms with Crippen molar-refractivity contribution in [2.75, 3.05) is 12.4 Å². The highest BCUT2D eigenvalue weighted by Gasteiger charge is 2.04. The van der Waals surface area contributed by atoms with Crippen LogP contribution in [0.15, 0.2) is 42.5 Å². The van der Waals surface area contributed by atoms with Gasteiger partial charge in [-0.2, -0.15) is 0 Å². The zero-order valence-electron chi connectivity index (χ0n) is 12.8. The number of methoxy groups -OCH3 is 1. The number of halogens is 1. The summed E-state index contributed by atoms with van der Waals surface area (Å²) in [4.78, 5) is 0. The van der Waals surface area contributed by atoms with Crippen LogP contribution in [0.3, 0.4) is 0 Å². The molecule has 112 valence electrons. The molecule has 0 aliphatic rings. The van der Waals surface area contributed by atoms with Gasteiger partial charge in [0.1, 0.15) is 11.6 Å². The fourth-order valence-corrected chi connectivity index (χ4v) is 2.23. The summed E-state index contributed by atoms with van der Waals surface area (Å²) in [7, 11) is 1.57. The minimum absolute atomic E-state index is 0.271. The molecule has 2 aromatic rings. The third kappa shape index (κ3) is 4.48. The lowest BCUT2D eigenvalue weighted by molar-refractivity contribution is 0.414. The molecule has 2 aromatic carbocycles. The van der Waals surface area contributed by atoms with Gasteiger partial charge in [-0.25, -0.2) is 4.39 Å². The van der Waals surface area contributed by atoms with Crippen molar-refractivity contribution >= 4 is 5.69 Å². The van der Waals surface area contributed by atoms with Crippen LogP contribution in [0.5, 0.6) is 5.75 Å². The lowest BCUT2D eigenvalue weighted by Crippen LogP contribution is -2.02. The van der Waals surface area contributed by atoms with Gasteiger partial charge in [-0.05, 0) is 35.6 Å². The van der Waals surface area contributed by atoms with E-state index in [2.05, 4.69) is 43.4 Å². The zero-order valence-corrected chi connectivity index (χ0v) is 12.8. The van der Waals surface area contributed by atoms with Crippen LogP contribution in [0.25, 0.3) is 0 Å². The van der Waals surface area contributed by atoms with E-state index < -0.39 is 0 Å². The maximum absolute atomic E-state index is 13.7. The van der Waals surface area contributed by atoms with E-state index in [1.54, 1.807) is 19.2 Å². The Bertz CT molecular complexity index is 578. The summed E-state index contributed by atoms with van der Waals surface area (Å²) in [5, 5.41) is 3.11. The number of hydrogen-bond donors (Lipinski definition) is 1. The minimum Gasteiger partial charge on any atom is -0.497 e. The Kier molecular flexibility index (Phi) is 5.20. The van der Waals surface area contributed by atoms with Crippen molar-refractivity contribution in [3.63, 3.8) is 0 Å². The van der Waals surface area contributed by atoms with Crippen molar-refractivity contribution in [1.82, 2.24) is 0 Å². The van der Waals surface area contributed by atoms with Crippen LogP contribution >= 0.6 is 0 Å². The number of benzene rings is 2. The Balaban J connectivity index is 1.99. The molecular weight excluding hydrogens is 265 g/mol. The molecule has 0 aliphatic carbocycles. The van der Waals surface area contributed by atoms with Crippen molar-refractivity contribution in [2.24, 2.45) is 5.92 Å². The first-order chi connectivity index (χ1) is 10.1. The van der Waals surface area contributed by atoms with E-state index in [0.717, 1.165) is 12.0 Å². The van der Waals surface area contributed by atoms with Gasteiger partial charge in [0.25, 0.3) is 0 Å². The van der Waals surface area contributed by atoms with Crippen LogP contribution in [-0.2, 0) is 13.0 Å². The normalized spacial score (nSPS) is 10.7. The van der Waals surface area contributed by atoms with Gasteiger partial charge in [-0.15, -0.1) is 0 Å². The monoisotopic (exact) mass is 287 g/mol. The van der Waals surface area contributed by atoms with Crippen LogP contribution in [0.4, 0.5) is 10.1 Å². The van der Waals surface area contributed by atoms with Crippen molar-refractivity contribution in [3.05, 3.63) is 59.4 Å². The number of nitrogens with one attached hydrogen (secondary N) is 1. The van der Waals surface area contributed by atoms with E-state index in [1.807, 2.05) is 0 Å². The molecule has 0 unspecified atom stereocenters.